The van der Waals surface area contributed by atoms with Crippen molar-refractivity contribution in [2.75, 3.05) is 26.2 Å². The second-order valence-electron chi connectivity index (χ2n) is 7.56. The molecule has 4 heteroatoms. The maximum Gasteiger partial charge on any atom is 0.224 e. The lowest BCUT2D eigenvalue weighted by molar-refractivity contribution is -0.120. The van der Waals surface area contributed by atoms with E-state index in [0.29, 0.717) is 6.42 Å². The molecular weight excluding hydrogens is 336 g/mol. The van der Waals surface area contributed by atoms with Crippen molar-refractivity contribution in [3.05, 3.63) is 48.2 Å². The van der Waals surface area contributed by atoms with Gasteiger partial charge in [0.15, 0.2) is 0 Å². The molecule has 3 aromatic rings. The van der Waals surface area contributed by atoms with Crippen molar-refractivity contribution in [1.29, 1.82) is 0 Å². The van der Waals surface area contributed by atoms with Crippen LogP contribution in [0.3, 0.4) is 0 Å². The maximum atomic E-state index is 12.4. The number of carbonyl (C=O) groups excluding carboxylic acids is 1. The van der Waals surface area contributed by atoms with Gasteiger partial charge in [-0.05, 0) is 55.7 Å². The molecule has 2 heterocycles. The second kappa shape index (κ2) is 8.57. The van der Waals surface area contributed by atoms with E-state index in [2.05, 4.69) is 28.4 Å². The topological polar surface area (TPSA) is 45.5 Å². The molecule has 0 unspecified atom stereocenters. The van der Waals surface area contributed by atoms with Gasteiger partial charge in [0.2, 0.25) is 5.91 Å². The zero-order chi connectivity index (χ0) is 18.5. The fourth-order valence-corrected chi connectivity index (χ4v) is 4.13. The number of likely N-dealkylation sites (tertiary alicyclic amines) is 1. The first kappa shape index (κ1) is 18.1. The molecule has 4 rings (SSSR count). The smallest absolute Gasteiger partial charge is 0.224 e. The van der Waals surface area contributed by atoms with E-state index in [0.717, 1.165) is 41.4 Å². The standard InChI is InChI=1S/C23H28N2O2/c26-22(24-12-7-15-25-13-5-1-2-6-14-25)16-19-17-27-21-11-10-18-8-3-4-9-20(18)23(19)21/h3-4,8-11,17H,1-2,5-7,12-16H2,(H,24,26). The second-order valence-corrected chi connectivity index (χ2v) is 7.56. The van der Waals surface area contributed by atoms with Crippen molar-refractivity contribution in [3.63, 3.8) is 0 Å². The van der Waals surface area contributed by atoms with Gasteiger partial charge in [-0.15, -0.1) is 0 Å². The number of fused-ring (bicyclic) bond motifs is 3. The minimum absolute atomic E-state index is 0.0708. The fourth-order valence-electron chi connectivity index (χ4n) is 4.13. The van der Waals surface area contributed by atoms with Crippen LogP contribution < -0.4 is 5.32 Å². The quantitative estimate of drug-likeness (QED) is 0.655. The van der Waals surface area contributed by atoms with Crippen LogP contribution in [0.5, 0.6) is 0 Å². The molecule has 27 heavy (non-hydrogen) atoms. The summed E-state index contributed by atoms with van der Waals surface area (Å²) in [6.45, 7) is 4.25. The number of nitrogens with zero attached hydrogens (tertiary/aromatic N) is 1. The van der Waals surface area contributed by atoms with Gasteiger partial charge < -0.3 is 14.6 Å². The van der Waals surface area contributed by atoms with Crippen LogP contribution in [0.25, 0.3) is 21.7 Å². The summed E-state index contributed by atoms with van der Waals surface area (Å²) in [7, 11) is 0. The molecule has 2 aromatic carbocycles. The van der Waals surface area contributed by atoms with Crippen LogP contribution in [0.15, 0.2) is 47.1 Å². The van der Waals surface area contributed by atoms with Gasteiger partial charge in [-0.3, -0.25) is 4.79 Å². The zero-order valence-corrected chi connectivity index (χ0v) is 15.9. The van der Waals surface area contributed by atoms with Crippen molar-refractivity contribution < 1.29 is 9.21 Å². The highest BCUT2D eigenvalue weighted by molar-refractivity contribution is 6.08. The lowest BCUT2D eigenvalue weighted by atomic mass is 10.0. The summed E-state index contributed by atoms with van der Waals surface area (Å²) in [4.78, 5) is 15.0. The Hall–Kier alpha value is -2.33. The van der Waals surface area contributed by atoms with Crippen LogP contribution in [-0.2, 0) is 11.2 Å². The Morgan fingerprint density at radius 2 is 1.85 bits per heavy atom. The summed E-state index contributed by atoms with van der Waals surface area (Å²) >= 11 is 0. The molecule has 0 radical (unpaired) electrons. The third-order valence-electron chi connectivity index (χ3n) is 5.56. The summed E-state index contributed by atoms with van der Waals surface area (Å²) in [6.07, 6.45) is 8.46. The predicted octanol–water partition coefficient (Wildman–Crippen LogP) is 4.51. The molecule has 0 saturated carbocycles. The molecule has 1 amide bonds. The molecule has 1 aromatic heterocycles. The normalized spacial score (nSPS) is 15.9. The number of benzene rings is 2. The average molecular weight is 364 g/mol. The third-order valence-corrected chi connectivity index (χ3v) is 5.56. The Kier molecular flexibility index (Phi) is 5.73. The molecule has 142 valence electrons. The monoisotopic (exact) mass is 364 g/mol. The molecule has 0 atom stereocenters. The van der Waals surface area contributed by atoms with Gasteiger partial charge in [0.05, 0.1) is 12.7 Å². The molecule has 1 fully saturated rings. The van der Waals surface area contributed by atoms with E-state index in [-0.39, 0.29) is 5.91 Å². The van der Waals surface area contributed by atoms with Crippen LogP contribution >= 0.6 is 0 Å². The number of hydrogen-bond acceptors (Lipinski definition) is 3. The molecule has 1 aliphatic heterocycles. The van der Waals surface area contributed by atoms with Crippen LogP contribution in [0.4, 0.5) is 0 Å². The third kappa shape index (κ3) is 4.33. The molecule has 1 saturated heterocycles. The molecule has 1 aliphatic rings. The first-order chi connectivity index (χ1) is 13.3. The van der Waals surface area contributed by atoms with E-state index in [4.69, 9.17) is 4.42 Å². The fraction of sp³-hybridized carbons (Fsp3) is 0.435. The Morgan fingerprint density at radius 3 is 2.70 bits per heavy atom. The van der Waals surface area contributed by atoms with Crippen molar-refractivity contribution in [1.82, 2.24) is 10.2 Å². The maximum absolute atomic E-state index is 12.4. The SMILES string of the molecule is O=C(Cc1coc2ccc3ccccc3c12)NCCCN1CCCCCC1. The zero-order valence-electron chi connectivity index (χ0n) is 15.9. The Morgan fingerprint density at radius 1 is 1.04 bits per heavy atom. The van der Waals surface area contributed by atoms with Crippen molar-refractivity contribution in [2.45, 2.75) is 38.5 Å². The molecule has 0 bridgehead atoms. The van der Waals surface area contributed by atoms with Gasteiger partial charge in [-0.2, -0.15) is 0 Å². The minimum atomic E-state index is 0.0708. The number of furan rings is 1. The number of carbonyl (C=O) groups is 1. The van der Waals surface area contributed by atoms with E-state index in [1.807, 2.05) is 18.2 Å². The van der Waals surface area contributed by atoms with E-state index in [1.165, 1.54) is 44.2 Å². The molecule has 1 N–H and O–H groups in total. The number of nitrogens with one attached hydrogen (secondary N) is 1. The lowest BCUT2D eigenvalue weighted by Crippen LogP contribution is -2.31. The summed E-state index contributed by atoms with van der Waals surface area (Å²) in [6, 6.07) is 12.3. The highest BCUT2D eigenvalue weighted by atomic mass is 16.3. The number of amides is 1. The summed E-state index contributed by atoms with van der Waals surface area (Å²) in [5.41, 5.74) is 1.81. The molecule has 0 aliphatic carbocycles. The van der Waals surface area contributed by atoms with Crippen LogP contribution in [0, 0.1) is 0 Å². The highest BCUT2D eigenvalue weighted by Crippen LogP contribution is 2.30. The highest BCUT2D eigenvalue weighted by Gasteiger charge is 2.13. The van der Waals surface area contributed by atoms with E-state index in [1.54, 1.807) is 6.26 Å². The minimum Gasteiger partial charge on any atom is -0.464 e. The Bertz CT molecular complexity index is 907. The number of hydrogen-bond donors (Lipinski definition) is 1. The summed E-state index contributed by atoms with van der Waals surface area (Å²) < 4.78 is 5.69. The summed E-state index contributed by atoms with van der Waals surface area (Å²) in [5, 5.41) is 6.46. The van der Waals surface area contributed by atoms with Crippen molar-refractivity contribution in [2.24, 2.45) is 0 Å². The van der Waals surface area contributed by atoms with Gasteiger partial charge in [-0.1, -0.05) is 43.2 Å². The molecule has 0 spiro atoms. The van der Waals surface area contributed by atoms with Gasteiger partial charge >= 0.3 is 0 Å². The predicted molar refractivity (Wildman–Crippen MR) is 110 cm³/mol. The first-order valence-corrected chi connectivity index (χ1v) is 10.2. The van der Waals surface area contributed by atoms with Crippen LogP contribution in [0.2, 0.25) is 0 Å². The van der Waals surface area contributed by atoms with Crippen LogP contribution in [-0.4, -0.2) is 37.0 Å². The Labute approximate surface area is 160 Å². The van der Waals surface area contributed by atoms with E-state index >= 15 is 0 Å². The van der Waals surface area contributed by atoms with E-state index in [9.17, 15) is 4.79 Å². The first-order valence-electron chi connectivity index (χ1n) is 10.2. The van der Waals surface area contributed by atoms with Gasteiger partial charge in [0.1, 0.15) is 5.58 Å². The van der Waals surface area contributed by atoms with Gasteiger partial charge in [0.25, 0.3) is 0 Å². The Balaban J connectivity index is 1.34. The van der Waals surface area contributed by atoms with Crippen LogP contribution in [0.1, 0.15) is 37.7 Å². The van der Waals surface area contributed by atoms with Crippen molar-refractivity contribution >= 4 is 27.6 Å². The lowest BCUT2D eigenvalue weighted by Gasteiger charge is -2.19. The van der Waals surface area contributed by atoms with Crippen molar-refractivity contribution in [3.8, 4) is 0 Å². The number of rotatable bonds is 6. The van der Waals surface area contributed by atoms with Gasteiger partial charge in [0, 0.05) is 17.5 Å². The van der Waals surface area contributed by atoms with E-state index < -0.39 is 0 Å². The summed E-state index contributed by atoms with van der Waals surface area (Å²) in [5.74, 6) is 0.0708. The molecule has 4 nitrogen and oxygen atoms in total. The molecular formula is C23H28N2O2. The average Bonchev–Trinajstić information content (AvgIpc) is 2.92. The van der Waals surface area contributed by atoms with Gasteiger partial charge in [-0.25, -0.2) is 0 Å². The largest absolute Gasteiger partial charge is 0.464 e.